The van der Waals surface area contributed by atoms with Crippen LogP contribution in [0.5, 0.6) is 5.75 Å². The van der Waals surface area contributed by atoms with Crippen molar-refractivity contribution in [1.29, 1.82) is 0 Å². The molecular formula is C40H48FN11O15Zn2. The van der Waals surface area contributed by atoms with Crippen molar-refractivity contribution in [3.63, 3.8) is 0 Å². The summed E-state index contributed by atoms with van der Waals surface area (Å²) in [6.07, 6.45) is 7.33. The fourth-order valence-electron chi connectivity index (χ4n) is 5.61. The Morgan fingerprint density at radius 2 is 0.783 bits per heavy atom. The molecule has 29 heteroatoms. The number of alkyl halides is 1. The first-order valence-electron chi connectivity index (χ1n) is 19.6. The Hall–Kier alpha value is -6.60. The molecular weight excluding hydrogens is 1020 g/mol. The summed E-state index contributed by atoms with van der Waals surface area (Å²) in [6, 6.07) is 30.5. The minimum Gasteiger partial charge on any atom is -0.491 e. The Morgan fingerprint density at radius 1 is 0.464 bits per heavy atom. The minimum absolute atomic E-state index is 0. The topological polar surface area (TPSA) is 363 Å². The summed E-state index contributed by atoms with van der Waals surface area (Å²) < 4.78 is 29.8. The van der Waals surface area contributed by atoms with Gasteiger partial charge >= 0.3 is 39.0 Å². The van der Waals surface area contributed by atoms with Crippen molar-refractivity contribution >= 4 is 0 Å². The van der Waals surface area contributed by atoms with Crippen LogP contribution in [-0.4, -0.2) is 103 Å². The Labute approximate surface area is 420 Å². The van der Waals surface area contributed by atoms with E-state index in [-0.39, 0.29) is 45.6 Å². The average Bonchev–Trinajstić information content (AvgIpc) is 3.26. The number of hydrogen-bond acceptors (Lipinski definition) is 22. The number of aromatic nitrogens is 4. The molecule has 1 N–H and O–H groups in total. The molecule has 5 aromatic rings. The first-order valence-corrected chi connectivity index (χ1v) is 19.6. The molecule has 5 rings (SSSR count). The molecule has 0 spiro atoms. The third kappa shape index (κ3) is 39.1. The second-order valence-electron chi connectivity index (χ2n) is 13.0. The van der Waals surface area contributed by atoms with E-state index in [0.717, 1.165) is 39.7 Å². The fraction of sp³-hybridized carbons (Fsp3) is 0.350. The van der Waals surface area contributed by atoms with Crippen LogP contribution in [0.1, 0.15) is 33.9 Å². The molecule has 0 aliphatic rings. The summed E-state index contributed by atoms with van der Waals surface area (Å²) in [4.78, 5) is 56.1. The molecule has 0 radical (unpaired) electrons. The van der Waals surface area contributed by atoms with Crippen molar-refractivity contribution in [2.45, 2.75) is 39.3 Å². The summed E-state index contributed by atoms with van der Waals surface area (Å²) in [6.45, 7) is 6.91. The molecule has 4 aromatic heterocycles. The van der Waals surface area contributed by atoms with Crippen molar-refractivity contribution in [2.75, 3.05) is 52.8 Å². The monoisotopic (exact) mass is 1070 g/mol. The molecule has 0 atom stereocenters. The molecule has 69 heavy (non-hydrogen) atoms. The predicted octanol–water partition coefficient (Wildman–Crippen LogP) is 4.68. The van der Waals surface area contributed by atoms with Gasteiger partial charge in [0.25, 0.3) is 0 Å². The first-order chi connectivity index (χ1) is 32.2. The third-order valence-electron chi connectivity index (χ3n) is 7.85. The van der Waals surface area contributed by atoms with E-state index < -0.39 is 20.3 Å². The van der Waals surface area contributed by atoms with E-state index >= 15 is 0 Å². The quantitative estimate of drug-likeness (QED) is 0.0379. The Bertz CT molecular complexity index is 1840. The molecule has 4 heterocycles. The van der Waals surface area contributed by atoms with Gasteiger partial charge in [0.15, 0.2) is 0 Å². The summed E-state index contributed by atoms with van der Waals surface area (Å²) in [5.74, 6) is 0.785. The van der Waals surface area contributed by atoms with Gasteiger partial charge in [-0.15, -0.1) is 0 Å². The molecule has 0 saturated carbocycles. The molecule has 0 unspecified atom stereocenters. The number of nitrogens with zero attached hydrogens (tertiary/aromatic N) is 10. The number of halogens is 1. The van der Waals surface area contributed by atoms with E-state index in [2.05, 4.69) is 77.5 Å². The van der Waals surface area contributed by atoms with Gasteiger partial charge in [0.05, 0.1) is 69.5 Å². The maximum atomic E-state index is 12.2. The summed E-state index contributed by atoms with van der Waals surface area (Å²) in [5, 5.41) is 62.0. The number of rotatable bonds is 24. The summed E-state index contributed by atoms with van der Waals surface area (Å²) >= 11 is 0. The second kappa shape index (κ2) is 41.6. The van der Waals surface area contributed by atoms with Gasteiger partial charge in [-0.05, 0) is 71.8 Å². The van der Waals surface area contributed by atoms with Crippen molar-refractivity contribution in [1.82, 2.24) is 35.1 Å². The number of pyridine rings is 4. The zero-order chi connectivity index (χ0) is 49.5. The maximum absolute atomic E-state index is 12.2. The number of hydrogen-bond donors (Lipinski definition) is 1. The van der Waals surface area contributed by atoms with E-state index in [0.29, 0.717) is 85.4 Å². The number of nitrogens with one attached hydrogen (secondary N) is 1. The van der Waals surface area contributed by atoms with Crippen LogP contribution in [0.2, 0.25) is 0 Å². The normalized spacial score (nSPS) is 9.78. The van der Waals surface area contributed by atoms with Crippen LogP contribution in [0.15, 0.2) is 116 Å². The van der Waals surface area contributed by atoms with Crippen LogP contribution in [-0.2, 0) is 87.7 Å². The van der Waals surface area contributed by atoms with Gasteiger partial charge in [0.2, 0.25) is 0 Å². The van der Waals surface area contributed by atoms with Crippen LogP contribution in [0, 0.1) is 61.3 Å². The molecule has 26 nitrogen and oxygen atoms in total. The zero-order valence-corrected chi connectivity index (χ0v) is 43.2. The smallest absolute Gasteiger partial charge is 0.491 e. The van der Waals surface area contributed by atoms with Gasteiger partial charge in [0, 0.05) is 77.1 Å². The molecule has 0 fully saturated rings. The number of benzene rings is 1. The minimum atomic E-state index is -1.75. The van der Waals surface area contributed by atoms with Crippen LogP contribution >= 0.6 is 0 Å². The Kier molecular flexibility index (Phi) is 38.9. The molecule has 364 valence electrons. The first kappa shape index (κ1) is 64.5. The number of ether oxygens (including phenoxy) is 3. The zero-order valence-electron chi connectivity index (χ0n) is 37.3. The standard InChI is InChI=1S/C40H48FN7O3.4NO3.2Zn/c41-13-18-42-19-20-49-21-22-50-23-24-51-40-26-34(28-47(30-36-9-1-5-14-43-36)31-37-10-2-6-15-44-37)25-35(27-40)29-48(32-38-11-3-7-16-45-38)33-39-12-4-8-17-46-39;4*2-1(3)4;;/h1-12,14-17,25-27,42H,13,18-24,28-33H2;;;;;;/q;4*-1;2*+2/i41-1;;;;;;. The van der Waals surface area contributed by atoms with Gasteiger partial charge in [-0.2, -0.15) is 0 Å². The summed E-state index contributed by atoms with van der Waals surface area (Å²) in [7, 11) is 0. The molecule has 0 aliphatic heterocycles. The van der Waals surface area contributed by atoms with Crippen LogP contribution < -0.4 is 10.1 Å². The van der Waals surface area contributed by atoms with Crippen molar-refractivity contribution < 1.29 is 77.9 Å². The SMILES string of the molecule is O=[N+]([O-])[O-].O=[N+]([O-])[O-].O=[N+]([O-])[O-].O=[N+]([O-])[O-].[18F]CCNCCOCCOCCOc1cc(CN(Cc2ccccn2)Cc2ccccn2)cc(CN(Cc2ccccn2)Cc2ccccn2)c1.[Zn+2].[Zn+2]. The van der Waals surface area contributed by atoms with Crippen molar-refractivity contribution in [2.24, 2.45) is 0 Å². The van der Waals surface area contributed by atoms with Gasteiger partial charge in [-0.3, -0.25) is 29.7 Å². The van der Waals surface area contributed by atoms with E-state index in [9.17, 15) is 4.39 Å². The maximum Gasteiger partial charge on any atom is 2.00 e. The Balaban J connectivity index is 0. The third-order valence-corrected chi connectivity index (χ3v) is 7.85. The van der Waals surface area contributed by atoms with Gasteiger partial charge in [-0.25, -0.2) is 4.39 Å². The van der Waals surface area contributed by atoms with Gasteiger partial charge in [-0.1, -0.05) is 30.3 Å². The van der Waals surface area contributed by atoms with Crippen LogP contribution in [0.3, 0.4) is 0 Å². The van der Waals surface area contributed by atoms with Crippen LogP contribution in [0.4, 0.5) is 4.39 Å². The van der Waals surface area contributed by atoms with E-state index in [1.165, 1.54) is 0 Å². The van der Waals surface area contributed by atoms with E-state index in [1.54, 1.807) is 0 Å². The van der Waals surface area contributed by atoms with Crippen LogP contribution in [0.25, 0.3) is 0 Å². The van der Waals surface area contributed by atoms with E-state index in [1.807, 2.05) is 73.3 Å². The molecule has 0 aliphatic carbocycles. The fourth-order valence-corrected chi connectivity index (χ4v) is 5.61. The largest absolute Gasteiger partial charge is 2.00 e. The summed E-state index contributed by atoms with van der Waals surface area (Å²) in [5.41, 5.74) is 6.23. The van der Waals surface area contributed by atoms with Crippen molar-refractivity contribution in [3.05, 3.63) is 211 Å². The van der Waals surface area contributed by atoms with E-state index in [4.69, 9.17) is 75.5 Å². The molecule has 0 saturated heterocycles. The molecule has 0 bridgehead atoms. The molecule has 0 amide bonds. The molecule has 1 aromatic carbocycles. The van der Waals surface area contributed by atoms with Crippen molar-refractivity contribution in [3.8, 4) is 5.75 Å². The second-order valence-corrected chi connectivity index (χ2v) is 13.0. The average molecular weight is 1070 g/mol. The van der Waals surface area contributed by atoms with Gasteiger partial charge in [0.1, 0.15) is 19.0 Å². The van der Waals surface area contributed by atoms with Gasteiger partial charge < -0.3 is 80.8 Å². The predicted molar refractivity (Wildman–Crippen MR) is 237 cm³/mol. The Morgan fingerprint density at radius 3 is 1.09 bits per heavy atom.